The number of aromatic amines is 1. The van der Waals surface area contributed by atoms with Gasteiger partial charge in [-0.1, -0.05) is 49.4 Å². The lowest BCUT2D eigenvalue weighted by Gasteiger charge is -2.33. The summed E-state index contributed by atoms with van der Waals surface area (Å²) in [6.07, 6.45) is 4.93. The third-order valence-electron chi connectivity index (χ3n) is 5.44. The van der Waals surface area contributed by atoms with E-state index < -0.39 is 0 Å². The Labute approximate surface area is 184 Å². The van der Waals surface area contributed by atoms with Gasteiger partial charge in [0.05, 0.1) is 11.0 Å². The van der Waals surface area contributed by atoms with Crippen molar-refractivity contribution in [3.63, 3.8) is 0 Å². The van der Waals surface area contributed by atoms with Gasteiger partial charge >= 0.3 is 0 Å². The molecule has 0 spiro atoms. The standard InChI is InChI=1S/C15H20N2O2.C10H12N2/c1-12(18)17-10-6-5-9-14(17)15(19)16-11-13-7-3-2-4-8-13;1-2-5-10-11-8-6-3-4-7-9(8)12-10/h2-4,7-8,14H,5-6,9-11H2,1H3,(H,16,19);3-4,6-7H,2,5H2,1H3,(H,11,12)/t14-;/m0./s1. The van der Waals surface area contributed by atoms with Crippen LogP contribution in [0.15, 0.2) is 54.6 Å². The first-order valence-electron chi connectivity index (χ1n) is 11.1. The lowest BCUT2D eigenvalue weighted by atomic mass is 10.0. The number of para-hydroxylation sites is 2. The van der Waals surface area contributed by atoms with Crippen LogP contribution in [-0.2, 0) is 22.6 Å². The highest BCUT2D eigenvalue weighted by Crippen LogP contribution is 2.17. The molecule has 31 heavy (non-hydrogen) atoms. The smallest absolute Gasteiger partial charge is 0.243 e. The highest BCUT2D eigenvalue weighted by molar-refractivity contribution is 5.87. The molecule has 0 aliphatic carbocycles. The van der Waals surface area contributed by atoms with Crippen LogP contribution in [0.25, 0.3) is 11.0 Å². The van der Waals surface area contributed by atoms with E-state index in [0.29, 0.717) is 13.1 Å². The van der Waals surface area contributed by atoms with Crippen LogP contribution in [0.3, 0.4) is 0 Å². The number of rotatable bonds is 5. The topological polar surface area (TPSA) is 78.1 Å². The number of hydrogen-bond acceptors (Lipinski definition) is 3. The molecule has 1 saturated heterocycles. The molecule has 0 saturated carbocycles. The second kappa shape index (κ2) is 11.3. The Bertz CT molecular complexity index is 950. The van der Waals surface area contributed by atoms with Crippen molar-refractivity contribution in [2.24, 2.45) is 0 Å². The molecule has 1 fully saturated rings. The van der Waals surface area contributed by atoms with Gasteiger partial charge in [-0.05, 0) is 43.4 Å². The minimum absolute atomic E-state index is 0.0143. The molecule has 6 heteroatoms. The number of nitrogens with one attached hydrogen (secondary N) is 2. The van der Waals surface area contributed by atoms with E-state index in [4.69, 9.17) is 0 Å². The summed E-state index contributed by atoms with van der Waals surface area (Å²) in [4.78, 5) is 33.1. The fourth-order valence-electron chi connectivity index (χ4n) is 3.84. The van der Waals surface area contributed by atoms with Crippen LogP contribution in [0.2, 0.25) is 0 Å². The monoisotopic (exact) mass is 420 g/mol. The van der Waals surface area contributed by atoms with Gasteiger partial charge in [0, 0.05) is 26.4 Å². The molecule has 0 bridgehead atoms. The van der Waals surface area contributed by atoms with Crippen LogP contribution < -0.4 is 5.32 Å². The number of carbonyl (C=O) groups excluding carboxylic acids is 2. The van der Waals surface area contributed by atoms with Crippen LogP contribution in [0.1, 0.15) is 50.9 Å². The predicted molar refractivity (Wildman–Crippen MR) is 123 cm³/mol. The van der Waals surface area contributed by atoms with E-state index in [9.17, 15) is 9.59 Å². The van der Waals surface area contributed by atoms with Crippen molar-refractivity contribution in [2.45, 2.75) is 58.5 Å². The molecule has 3 aromatic rings. The Hall–Kier alpha value is -3.15. The van der Waals surface area contributed by atoms with Crippen LogP contribution in [0.5, 0.6) is 0 Å². The van der Waals surface area contributed by atoms with Crippen molar-refractivity contribution >= 4 is 22.8 Å². The highest BCUT2D eigenvalue weighted by atomic mass is 16.2. The summed E-state index contributed by atoms with van der Waals surface area (Å²) in [5, 5.41) is 2.92. The van der Waals surface area contributed by atoms with Gasteiger partial charge in [-0.2, -0.15) is 0 Å². The largest absolute Gasteiger partial charge is 0.350 e. The van der Waals surface area contributed by atoms with Crippen molar-refractivity contribution in [3.05, 3.63) is 66.0 Å². The van der Waals surface area contributed by atoms with Crippen LogP contribution in [0, 0.1) is 0 Å². The number of amides is 2. The zero-order valence-electron chi connectivity index (χ0n) is 18.4. The molecule has 2 aromatic carbocycles. The molecule has 6 nitrogen and oxygen atoms in total. The van der Waals surface area contributed by atoms with Crippen molar-refractivity contribution in [1.82, 2.24) is 20.2 Å². The normalized spacial score (nSPS) is 15.8. The highest BCUT2D eigenvalue weighted by Gasteiger charge is 2.29. The van der Waals surface area contributed by atoms with E-state index in [2.05, 4.69) is 28.3 Å². The number of likely N-dealkylation sites (tertiary alicyclic amines) is 1. The fraction of sp³-hybridized carbons (Fsp3) is 0.400. The second-order valence-electron chi connectivity index (χ2n) is 7.88. The quantitative estimate of drug-likeness (QED) is 0.649. The molecule has 2 N–H and O–H groups in total. The number of carbonyl (C=O) groups is 2. The molecule has 0 radical (unpaired) electrons. The maximum Gasteiger partial charge on any atom is 0.243 e. The summed E-state index contributed by atoms with van der Waals surface area (Å²) >= 11 is 0. The fourth-order valence-corrected chi connectivity index (χ4v) is 3.84. The van der Waals surface area contributed by atoms with E-state index in [-0.39, 0.29) is 17.9 Å². The number of nitrogens with zero attached hydrogens (tertiary/aromatic N) is 2. The molecule has 1 aliphatic rings. The lowest BCUT2D eigenvalue weighted by molar-refractivity contribution is -0.140. The number of imidazole rings is 1. The van der Waals surface area contributed by atoms with E-state index in [0.717, 1.165) is 54.5 Å². The SMILES string of the molecule is CC(=O)N1CCCC[C@H]1C(=O)NCc1ccccc1.CCCc1nc2ccccc2[nH]1. The van der Waals surface area contributed by atoms with Gasteiger partial charge in [0.15, 0.2) is 0 Å². The third kappa shape index (κ3) is 6.41. The first-order valence-corrected chi connectivity index (χ1v) is 11.1. The molecule has 2 heterocycles. The zero-order chi connectivity index (χ0) is 22.1. The summed E-state index contributed by atoms with van der Waals surface area (Å²) in [5.74, 6) is 1.04. The number of aromatic nitrogens is 2. The third-order valence-corrected chi connectivity index (χ3v) is 5.44. The molecule has 1 aliphatic heterocycles. The van der Waals surface area contributed by atoms with Gasteiger partial charge in [0.25, 0.3) is 0 Å². The second-order valence-corrected chi connectivity index (χ2v) is 7.88. The number of benzene rings is 2. The van der Waals surface area contributed by atoms with Gasteiger partial charge in [0.2, 0.25) is 11.8 Å². The Morgan fingerprint density at radius 2 is 1.84 bits per heavy atom. The average molecular weight is 421 g/mol. The molecule has 1 aromatic heterocycles. The summed E-state index contributed by atoms with van der Waals surface area (Å²) in [7, 11) is 0. The maximum atomic E-state index is 12.2. The van der Waals surface area contributed by atoms with Crippen molar-refractivity contribution in [2.75, 3.05) is 6.54 Å². The summed E-state index contributed by atoms with van der Waals surface area (Å²) in [5.41, 5.74) is 3.28. The molecule has 0 unspecified atom stereocenters. The van der Waals surface area contributed by atoms with E-state index in [1.807, 2.05) is 48.5 Å². The van der Waals surface area contributed by atoms with Crippen molar-refractivity contribution < 1.29 is 9.59 Å². The van der Waals surface area contributed by atoms with Crippen molar-refractivity contribution in [1.29, 1.82) is 0 Å². The number of piperidine rings is 1. The predicted octanol–water partition coefficient (Wildman–Crippen LogP) is 4.22. The van der Waals surface area contributed by atoms with E-state index >= 15 is 0 Å². The number of fused-ring (bicyclic) bond motifs is 1. The first kappa shape index (κ1) is 22.5. The summed E-state index contributed by atoms with van der Waals surface area (Å²) in [6, 6.07) is 17.6. The number of H-pyrrole nitrogens is 1. The lowest BCUT2D eigenvalue weighted by Crippen LogP contribution is -2.51. The molecule has 4 rings (SSSR count). The molecule has 1 atom stereocenters. The first-order chi connectivity index (χ1) is 15.1. The molecular formula is C25H32N4O2. The van der Waals surface area contributed by atoms with Gasteiger partial charge in [0.1, 0.15) is 11.9 Å². The van der Waals surface area contributed by atoms with Crippen molar-refractivity contribution in [3.8, 4) is 0 Å². The molecule has 164 valence electrons. The number of aryl methyl sites for hydroxylation is 1. The molecule has 2 amide bonds. The Morgan fingerprint density at radius 1 is 1.10 bits per heavy atom. The van der Waals surface area contributed by atoms with Crippen LogP contribution >= 0.6 is 0 Å². The average Bonchev–Trinajstić information content (AvgIpc) is 3.21. The summed E-state index contributed by atoms with van der Waals surface area (Å²) in [6.45, 7) is 4.90. The van der Waals surface area contributed by atoms with Gasteiger partial charge in [-0.25, -0.2) is 4.98 Å². The van der Waals surface area contributed by atoms with Crippen LogP contribution in [0.4, 0.5) is 0 Å². The zero-order valence-corrected chi connectivity index (χ0v) is 18.4. The van der Waals surface area contributed by atoms with E-state index in [1.54, 1.807) is 4.90 Å². The molecular weight excluding hydrogens is 388 g/mol. The van der Waals surface area contributed by atoms with Gasteiger partial charge in [-0.3, -0.25) is 9.59 Å². The van der Waals surface area contributed by atoms with Gasteiger partial charge < -0.3 is 15.2 Å². The maximum absolute atomic E-state index is 12.2. The number of hydrogen-bond donors (Lipinski definition) is 2. The Balaban J connectivity index is 0.000000194. The minimum atomic E-state index is -0.296. The van der Waals surface area contributed by atoms with Crippen LogP contribution in [-0.4, -0.2) is 39.3 Å². The Kier molecular flexibility index (Phi) is 8.21. The summed E-state index contributed by atoms with van der Waals surface area (Å²) < 4.78 is 0. The van der Waals surface area contributed by atoms with Gasteiger partial charge in [-0.15, -0.1) is 0 Å². The Morgan fingerprint density at radius 3 is 2.55 bits per heavy atom. The minimum Gasteiger partial charge on any atom is -0.350 e. The van der Waals surface area contributed by atoms with E-state index in [1.165, 1.54) is 6.92 Å².